The molecule has 2 unspecified atom stereocenters. The van der Waals surface area contributed by atoms with Crippen LogP contribution in [-0.4, -0.2) is 32.2 Å². The van der Waals surface area contributed by atoms with Crippen LogP contribution in [0.2, 0.25) is 10.0 Å². The number of benzene rings is 1. The number of nitrogens with one attached hydrogen (secondary N) is 1. The molecule has 2 N–H and O–H groups in total. The molecular weight excluding hydrogens is 429 g/mol. The summed E-state index contributed by atoms with van der Waals surface area (Å²) < 4.78 is 0.778. The van der Waals surface area contributed by atoms with E-state index >= 15 is 0 Å². The van der Waals surface area contributed by atoms with E-state index in [9.17, 15) is 9.59 Å². The molecule has 1 aromatic carbocycles. The Morgan fingerprint density at radius 2 is 2.07 bits per heavy atom. The van der Waals surface area contributed by atoms with Crippen LogP contribution in [0.25, 0.3) is 10.2 Å². The standard InChI is InChI=1S/C17H13Cl2N3O3S2/c18-8-3-4-9(19)15-14(8)22-12(26-15)7-27-16-10(2-1-5-20-16)21-11(17(27)25)6-13(23)24/h1-5,11,21,27H,6-7H2,(H,23,24). The molecule has 0 saturated heterocycles. The van der Waals surface area contributed by atoms with Gasteiger partial charge in [0, 0.05) is 11.9 Å². The molecule has 3 aromatic rings. The summed E-state index contributed by atoms with van der Waals surface area (Å²) in [4.78, 5) is 33.0. The molecule has 0 radical (unpaired) electrons. The van der Waals surface area contributed by atoms with Crippen LogP contribution >= 0.6 is 45.4 Å². The van der Waals surface area contributed by atoms with Crippen LogP contribution in [0.1, 0.15) is 11.4 Å². The van der Waals surface area contributed by atoms with Gasteiger partial charge in [-0.3, -0.25) is 9.59 Å². The number of thiol groups is 1. The minimum absolute atomic E-state index is 0.143. The highest BCUT2D eigenvalue weighted by molar-refractivity contribution is 8.29. The molecule has 140 valence electrons. The van der Waals surface area contributed by atoms with Crippen LogP contribution in [-0.2, 0) is 15.3 Å². The van der Waals surface area contributed by atoms with Gasteiger partial charge < -0.3 is 10.4 Å². The van der Waals surface area contributed by atoms with Gasteiger partial charge in [-0.15, -0.1) is 22.2 Å². The number of carbonyl (C=O) groups is 2. The maximum Gasteiger partial charge on any atom is 0.305 e. The van der Waals surface area contributed by atoms with E-state index in [4.69, 9.17) is 28.3 Å². The minimum atomic E-state index is -1.37. The topological polar surface area (TPSA) is 92.2 Å². The molecule has 2 aromatic heterocycles. The maximum atomic E-state index is 13.0. The van der Waals surface area contributed by atoms with Gasteiger partial charge in [0.05, 0.1) is 26.9 Å². The molecule has 0 aliphatic carbocycles. The van der Waals surface area contributed by atoms with Crippen molar-refractivity contribution < 1.29 is 14.7 Å². The average Bonchev–Trinajstić information content (AvgIpc) is 3.07. The first kappa shape index (κ1) is 18.5. The number of fused-ring (bicyclic) bond motifs is 2. The monoisotopic (exact) mass is 441 g/mol. The summed E-state index contributed by atoms with van der Waals surface area (Å²) in [6, 6.07) is 6.20. The van der Waals surface area contributed by atoms with Gasteiger partial charge in [-0.1, -0.05) is 23.2 Å². The molecule has 1 aliphatic rings. The molecule has 0 bridgehead atoms. The quantitative estimate of drug-likeness (QED) is 0.521. The summed E-state index contributed by atoms with van der Waals surface area (Å²) in [5.74, 6) is -0.649. The minimum Gasteiger partial charge on any atom is -0.481 e. The fraction of sp³-hybridized carbons (Fsp3) is 0.176. The summed E-state index contributed by atoms with van der Waals surface area (Å²) in [7, 11) is -1.37. The zero-order valence-corrected chi connectivity index (χ0v) is 16.9. The highest BCUT2D eigenvalue weighted by atomic mass is 35.5. The van der Waals surface area contributed by atoms with E-state index in [1.54, 1.807) is 24.4 Å². The van der Waals surface area contributed by atoms with Crippen molar-refractivity contribution in [2.45, 2.75) is 23.2 Å². The summed E-state index contributed by atoms with van der Waals surface area (Å²) in [5.41, 5.74) is 1.32. The molecule has 4 rings (SSSR count). The lowest BCUT2D eigenvalue weighted by atomic mass is 10.2. The molecule has 10 heteroatoms. The fourth-order valence-electron chi connectivity index (χ4n) is 2.92. The van der Waals surface area contributed by atoms with Gasteiger partial charge in [0.15, 0.2) is 5.12 Å². The van der Waals surface area contributed by atoms with Crippen molar-refractivity contribution in [3.8, 4) is 0 Å². The van der Waals surface area contributed by atoms with Gasteiger partial charge in [0.2, 0.25) is 0 Å². The summed E-state index contributed by atoms with van der Waals surface area (Å²) in [6.07, 6.45) is 1.36. The van der Waals surface area contributed by atoms with Crippen LogP contribution in [0.5, 0.6) is 0 Å². The summed E-state index contributed by atoms with van der Waals surface area (Å²) in [5, 5.41) is 14.4. The van der Waals surface area contributed by atoms with Crippen LogP contribution < -0.4 is 5.32 Å². The third-order valence-electron chi connectivity index (χ3n) is 4.10. The molecular formula is C17H13Cl2N3O3S2. The molecule has 1 aliphatic heterocycles. The number of aliphatic carboxylic acids is 1. The lowest BCUT2D eigenvalue weighted by molar-refractivity contribution is -0.138. The zero-order valence-electron chi connectivity index (χ0n) is 13.6. The molecule has 0 fully saturated rings. The first-order chi connectivity index (χ1) is 12.9. The SMILES string of the molecule is O=C(O)CC1Nc2cccnc2[SH](Cc2nc3c(Cl)ccc(Cl)c3s2)C1=O. The number of hydrogen-bond donors (Lipinski definition) is 3. The maximum absolute atomic E-state index is 13.0. The highest BCUT2D eigenvalue weighted by Gasteiger charge is 2.35. The molecule has 27 heavy (non-hydrogen) atoms. The highest BCUT2D eigenvalue weighted by Crippen LogP contribution is 2.49. The van der Waals surface area contributed by atoms with Crippen molar-refractivity contribution in [2.24, 2.45) is 0 Å². The number of rotatable bonds is 4. The Hall–Kier alpha value is -1.87. The van der Waals surface area contributed by atoms with Crippen molar-refractivity contribution in [3.63, 3.8) is 0 Å². The number of aromatic nitrogens is 2. The number of hydrogen-bond acceptors (Lipinski definition) is 6. The number of anilines is 1. The Morgan fingerprint density at radius 3 is 2.81 bits per heavy atom. The zero-order chi connectivity index (χ0) is 19.1. The lowest BCUT2D eigenvalue weighted by Crippen LogP contribution is -2.36. The molecule has 2 atom stereocenters. The predicted octanol–water partition coefficient (Wildman–Crippen LogP) is 4.35. The fourth-order valence-corrected chi connectivity index (χ4v) is 6.91. The Labute approximate surface area is 170 Å². The molecule has 6 nitrogen and oxygen atoms in total. The van der Waals surface area contributed by atoms with Gasteiger partial charge in [0.25, 0.3) is 0 Å². The van der Waals surface area contributed by atoms with Crippen molar-refractivity contribution in [1.29, 1.82) is 0 Å². The summed E-state index contributed by atoms with van der Waals surface area (Å²) in [6.45, 7) is 0. The Kier molecular flexibility index (Phi) is 4.98. The number of carboxylic acid groups (broad SMARTS) is 1. The van der Waals surface area contributed by atoms with E-state index in [2.05, 4.69) is 15.3 Å². The van der Waals surface area contributed by atoms with Crippen molar-refractivity contribution in [3.05, 3.63) is 45.5 Å². The number of thiazole rings is 1. The summed E-state index contributed by atoms with van der Waals surface area (Å²) >= 11 is 13.8. The molecule has 0 spiro atoms. The third kappa shape index (κ3) is 3.50. The smallest absolute Gasteiger partial charge is 0.305 e. The first-order valence-corrected chi connectivity index (χ1v) is 11.0. The van der Waals surface area contributed by atoms with Crippen LogP contribution in [0.4, 0.5) is 5.69 Å². The first-order valence-electron chi connectivity index (χ1n) is 7.92. The Morgan fingerprint density at radius 1 is 1.30 bits per heavy atom. The number of nitrogens with zero attached hydrogens (tertiary/aromatic N) is 2. The number of carbonyl (C=O) groups excluding carboxylic acids is 1. The predicted molar refractivity (Wildman–Crippen MR) is 110 cm³/mol. The van der Waals surface area contributed by atoms with Crippen LogP contribution in [0.15, 0.2) is 35.5 Å². The second-order valence-electron chi connectivity index (χ2n) is 5.91. The lowest BCUT2D eigenvalue weighted by Gasteiger charge is -2.32. The van der Waals surface area contributed by atoms with E-state index in [-0.39, 0.29) is 11.5 Å². The van der Waals surface area contributed by atoms with E-state index in [1.165, 1.54) is 11.3 Å². The third-order valence-corrected chi connectivity index (χ3v) is 8.46. The number of carboxylic acids is 1. The van der Waals surface area contributed by atoms with Crippen molar-refractivity contribution in [2.75, 3.05) is 5.32 Å². The normalized spacial score (nSPS) is 20.3. The van der Waals surface area contributed by atoms with E-state index in [1.807, 2.05) is 6.07 Å². The van der Waals surface area contributed by atoms with E-state index in [0.29, 0.717) is 32.0 Å². The Bertz CT molecular complexity index is 1030. The average molecular weight is 442 g/mol. The van der Waals surface area contributed by atoms with Crippen molar-refractivity contribution in [1.82, 2.24) is 9.97 Å². The second-order valence-corrected chi connectivity index (χ2v) is 9.84. The molecule has 0 amide bonds. The second kappa shape index (κ2) is 7.27. The Balaban J connectivity index is 1.73. The number of halogens is 2. The van der Waals surface area contributed by atoms with Gasteiger partial charge in [-0.05, 0) is 24.3 Å². The number of pyridine rings is 1. The van der Waals surface area contributed by atoms with E-state index in [0.717, 1.165) is 9.71 Å². The molecule has 0 saturated carbocycles. The van der Waals surface area contributed by atoms with Crippen molar-refractivity contribution >= 4 is 72.4 Å². The largest absolute Gasteiger partial charge is 0.481 e. The van der Waals surface area contributed by atoms with Crippen LogP contribution in [0.3, 0.4) is 0 Å². The van der Waals surface area contributed by atoms with Gasteiger partial charge in [0.1, 0.15) is 21.6 Å². The van der Waals surface area contributed by atoms with Gasteiger partial charge >= 0.3 is 5.97 Å². The van der Waals surface area contributed by atoms with Gasteiger partial charge in [-0.25, -0.2) is 9.97 Å². The molecule has 3 heterocycles. The van der Waals surface area contributed by atoms with E-state index < -0.39 is 22.9 Å². The van der Waals surface area contributed by atoms with Gasteiger partial charge in [-0.2, -0.15) is 0 Å². The van der Waals surface area contributed by atoms with Crippen LogP contribution in [0, 0.1) is 0 Å².